The van der Waals surface area contributed by atoms with Gasteiger partial charge in [-0.2, -0.15) is 0 Å². The van der Waals surface area contributed by atoms with Crippen LogP contribution in [0.25, 0.3) is 0 Å². The highest BCUT2D eigenvalue weighted by Gasteiger charge is 2.75. The molecule has 42 heavy (non-hydrogen) atoms. The summed E-state index contributed by atoms with van der Waals surface area (Å²) in [7, 11) is 0. The van der Waals surface area contributed by atoms with Gasteiger partial charge >= 0.3 is 0 Å². The first-order valence-electron chi connectivity index (χ1n) is 15.6. The number of nitrogens with zero attached hydrogens (tertiary/aromatic N) is 3. The maximum atomic E-state index is 14.6. The summed E-state index contributed by atoms with van der Waals surface area (Å²) in [6.45, 7) is 9.70. The van der Waals surface area contributed by atoms with E-state index >= 15 is 0 Å². The molecule has 6 atom stereocenters. The molecule has 0 aliphatic carbocycles. The molecule has 1 aromatic rings. The Morgan fingerprint density at radius 3 is 2.38 bits per heavy atom. The first-order valence-corrected chi connectivity index (χ1v) is 15.6. The number of likely N-dealkylation sites (tertiary alicyclic amines) is 1. The lowest BCUT2D eigenvalue weighted by molar-refractivity contribution is -0.153. The molecule has 0 aromatic heterocycles. The van der Waals surface area contributed by atoms with E-state index in [2.05, 4.69) is 6.92 Å². The van der Waals surface area contributed by atoms with Crippen LogP contribution in [0.1, 0.15) is 59.8 Å². The van der Waals surface area contributed by atoms with E-state index in [4.69, 9.17) is 9.47 Å². The zero-order valence-corrected chi connectivity index (χ0v) is 25.3. The number of aliphatic hydroxyl groups excluding tert-OH is 1. The topological polar surface area (TPSA) is 99.6 Å². The minimum absolute atomic E-state index is 0.000520. The molecule has 1 spiro atoms. The van der Waals surface area contributed by atoms with Gasteiger partial charge in [0.1, 0.15) is 17.4 Å². The molecule has 1 aromatic carbocycles. The van der Waals surface area contributed by atoms with E-state index in [-0.39, 0.29) is 30.4 Å². The third kappa shape index (κ3) is 4.84. The van der Waals surface area contributed by atoms with Crippen molar-refractivity contribution < 1.29 is 29.0 Å². The van der Waals surface area contributed by atoms with Gasteiger partial charge in [0.25, 0.3) is 0 Å². The lowest BCUT2D eigenvalue weighted by Crippen LogP contribution is -2.57. The molecule has 2 unspecified atom stereocenters. The van der Waals surface area contributed by atoms with Gasteiger partial charge in [0, 0.05) is 38.0 Å². The van der Waals surface area contributed by atoms with Crippen molar-refractivity contribution >= 4 is 23.4 Å². The number of hydrogen-bond acceptors (Lipinski definition) is 6. The van der Waals surface area contributed by atoms with E-state index in [1.165, 1.54) is 0 Å². The van der Waals surface area contributed by atoms with Crippen LogP contribution < -0.4 is 9.64 Å². The number of rotatable bonds is 11. The second kappa shape index (κ2) is 12.2. The third-order valence-corrected chi connectivity index (χ3v) is 9.48. The molecule has 9 heteroatoms. The molecule has 4 heterocycles. The van der Waals surface area contributed by atoms with Gasteiger partial charge in [-0.15, -0.1) is 0 Å². The third-order valence-electron chi connectivity index (χ3n) is 9.48. The van der Waals surface area contributed by atoms with Gasteiger partial charge in [0.2, 0.25) is 17.7 Å². The Morgan fingerprint density at radius 2 is 1.71 bits per heavy atom. The Kier molecular flexibility index (Phi) is 8.81. The van der Waals surface area contributed by atoms with Gasteiger partial charge in [0.05, 0.1) is 24.0 Å². The van der Waals surface area contributed by atoms with Crippen molar-refractivity contribution in [2.75, 3.05) is 37.7 Å². The van der Waals surface area contributed by atoms with Gasteiger partial charge in [-0.1, -0.05) is 44.6 Å². The minimum Gasteiger partial charge on any atom is -0.494 e. The molecule has 228 valence electrons. The van der Waals surface area contributed by atoms with Gasteiger partial charge in [-0.3, -0.25) is 14.4 Å². The Morgan fingerprint density at radius 1 is 0.976 bits per heavy atom. The number of ether oxygens (including phenoxy) is 2. The van der Waals surface area contributed by atoms with Gasteiger partial charge in [-0.25, -0.2) is 0 Å². The number of aliphatic hydroxyl groups is 1. The minimum atomic E-state index is -1.27. The first-order chi connectivity index (χ1) is 20.3. The molecule has 9 nitrogen and oxygen atoms in total. The number of fused-ring (bicyclic) bond motifs is 2. The predicted octanol–water partition coefficient (Wildman–Crippen LogP) is 3.71. The van der Waals surface area contributed by atoms with E-state index in [1.54, 1.807) is 9.80 Å². The average Bonchev–Trinajstić information content (AvgIpc) is 3.26. The van der Waals surface area contributed by atoms with Crippen molar-refractivity contribution in [3.8, 4) is 5.75 Å². The summed E-state index contributed by atoms with van der Waals surface area (Å²) >= 11 is 0. The second-order valence-electron chi connectivity index (χ2n) is 11.9. The number of carbonyl (C=O) groups is 3. The second-order valence-corrected chi connectivity index (χ2v) is 11.9. The molecule has 4 aliphatic heterocycles. The highest BCUT2D eigenvalue weighted by molar-refractivity contribution is 6.04. The monoisotopic (exact) mass is 579 g/mol. The molecule has 0 radical (unpaired) electrons. The Balaban J connectivity index is 1.59. The summed E-state index contributed by atoms with van der Waals surface area (Å²) in [6.07, 6.45) is 11.1. The molecule has 2 fully saturated rings. The summed E-state index contributed by atoms with van der Waals surface area (Å²) in [6, 6.07) is 6.55. The van der Waals surface area contributed by atoms with Crippen molar-refractivity contribution in [1.29, 1.82) is 0 Å². The number of amides is 3. The summed E-state index contributed by atoms with van der Waals surface area (Å²) in [5.41, 5.74) is -1.58. The van der Waals surface area contributed by atoms with Crippen LogP contribution in [0.5, 0.6) is 5.75 Å². The summed E-state index contributed by atoms with van der Waals surface area (Å²) in [4.78, 5) is 48.7. The molecule has 2 saturated heterocycles. The van der Waals surface area contributed by atoms with Crippen molar-refractivity contribution in [3.05, 3.63) is 48.6 Å². The maximum Gasteiger partial charge on any atom is 0.249 e. The van der Waals surface area contributed by atoms with Crippen LogP contribution >= 0.6 is 0 Å². The standard InChI is InChI=1S/C33H45N3O6/c1-5-12-23(4)34-20-11-18-33-27(30(39)36(19-8-9-22-37)28(33)31(34)40)26-29(38)35(21-10-17-32(26,6-2)42-33)24-13-15-25(16-14-24)41-7-3/h10-11,13-18,23,26-28,37H,5-9,12,19-22H2,1-4H3/t23?,26-,27+,28?,32+,33+/m1/s1. The van der Waals surface area contributed by atoms with Crippen LogP contribution in [-0.2, 0) is 19.1 Å². The number of benzene rings is 1. The van der Waals surface area contributed by atoms with Crippen LogP contribution in [0.2, 0.25) is 0 Å². The molecular weight excluding hydrogens is 534 g/mol. The Bertz CT molecular complexity index is 1230. The molecule has 4 aliphatic rings. The maximum absolute atomic E-state index is 14.6. The first kappa shape index (κ1) is 30.3. The molecule has 0 bridgehead atoms. The average molecular weight is 580 g/mol. The Hall–Kier alpha value is -3.17. The van der Waals surface area contributed by atoms with Crippen molar-refractivity contribution in [2.45, 2.75) is 83.1 Å². The number of unbranched alkanes of at least 4 members (excludes halogenated alkanes) is 1. The fourth-order valence-electron chi connectivity index (χ4n) is 7.50. The molecule has 5 rings (SSSR count). The van der Waals surface area contributed by atoms with Crippen LogP contribution in [0.3, 0.4) is 0 Å². The van der Waals surface area contributed by atoms with Gasteiger partial charge < -0.3 is 29.3 Å². The number of anilines is 1. The summed E-state index contributed by atoms with van der Waals surface area (Å²) < 4.78 is 12.6. The van der Waals surface area contributed by atoms with Crippen molar-refractivity contribution in [1.82, 2.24) is 9.80 Å². The van der Waals surface area contributed by atoms with Crippen LogP contribution in [-0.4, -0.2) is 88.8 Å². The van der Waals surface area contributed by atoms with E-state index < -0.39 is 29.1 Å². The van der Waals surface area contributed by atoms with E-state index in [9.17, 15) is 19.5 Å². The lowest BCUT2D eigenvalue weighted by Gasteiger charge is -2.39. The highest BCUT2D eigenvalue weighted by atomic mass is 16.5. The smallest absolute Gasteiger partial charge is 0.249 e. The lowest BCUT2D eigenvalue weighted by atomic mass is 9.73. The largest absolute Gasteiger partial charge is 0.494 e. The number of carbonyl (C=O) groups excluding carboxylic acids is 3. The highest BCUT2D eigenvalue weighted by Crippen LogP contribution is 2.58. The van der Waals surface area contributed by atoms with Gasteiger partial charge in [0.15, 0.2) is 0 Å². The number of hydrogen-bond donors (Lipinski definition) is 1. The normalized spacial score (nSPS) is 31.1. The van der Waals surface area contributed by atoms with Crippen LogP contribution in [0.15, 0.2) is 48.6 Å². The van der Waals surface area contributed by atoms with Crippen molar-refractivity contribution in [3.63, 3.8) is 0 Å². The van der Waals surface area contributed by atoms with E-state index in [0.717, 1.165) is 24.3 Å². The fraction of sp³-hybridized carbons (Fsp3) is 0.606. The summed E-state index contributed by atoms with van der Waals surface area (Å²) in [5.74, 6) is -1.47. The summed E-state index contributed by atoms with van der Waals surface area (Å²) in [5, 5.41) is 9.46. The van der Waals surface area contributed by atoms with Crippen molar-refractivity contribution in [2.24, 2.45) is 11.8 Å². The molecule has 0 saturated carbocycles. The van der Waals surface area contributed by atoms with Crippen LogP contribution in [0, 0.1) is 11.8 Å². The predicted molar refractivity (Wildman–Crippen MR) is 160 cm³/mol. The van der Waals surface area contributed by atoms with E-state index in [1.807, 2.05) is 74.2 Å². The molecule has 1 N–H and O–H groups in total. The molecular formula is C33H45N3O6. The quantitative estimate of drug-likeness (QED) is 0.317. The van der Waals surface area contributed by atoms with Gasteiger partial charge in [-0.05, 0) is 63.8 Å². The Labute approximate surface area is 249 Å². The zero-order chi connectivity index (χ0) is 30.1. The van der Waals surface area contributed by atoms with E-state index in [0.29, 0.717) is 45.5 Å². The zero-order valence-electron chi connectivity index (χ0n) is 25.3. The SMILES string of the molecule is CCCC(C)N1CC=C[C@]23O[C@@]4(CC)C=CCN(c5ccc(OCC)cc5)C(=O)[C@H]4[C@H]2C(=O)N(CCCCO)C3C1=O. The molecule has 3 amide bonds. The fourth-order valence-corrected chi connectivity index (χ4v) is 7.50. The van der Waals surface area contributed by atoms with Crippen LogP contribution in [0.4, 0.5) is 5.69 Å².